The average Bonchev–Trinajstić information content (AvgIpc) is 1.69. The van der Waals surface area contributed by atoms with Crippen LogP contribution in [0.15, 0.2) is 0 Å². The highest BCUT2D eigenvalue weighted by atomic mass is 35.5. The molecule has 7 heavy (non-hydrogen) atoms. The molecule has 3 heteroatoms. The highest BCUT2D eigenvalue weighted by Crippen LogP contribution is 1.79. The molecular formula is C4H11ClN2. The van der Waals surface area contributed by atoms with E-state index in [9.17, 15) is 0 Å². The second kappa shape index (κ2) is 6.21. The Bertz CT molecular complexity index is 28.9. The lowest BCUT2D eigenvalue weighted by Gasteiger charge is -1.94. The first-order chi connectivity index (χ1) is 3.41. The molecule has 0 saturated heterocycles. The molecule has 0 atom stereocenters. The predicted octanol–water partition coefficient (Wildman–Crippen LogP) is 1.03. The van der Waals surface area contributed by atoms with Gasteiger partial charge in [0.1, 0.15) is 0 Å². The summed E-state index contributed by atoms with van der Waals surface area (Å²) < 4.78 is 0. The number of hydrogen-bond donors (Lipinski definition) is 2. The summed E-state index contributed by atoms with van der Waals surface area (Å²) in [6.45, 7) is 3.08. The van der Waals surface area contributed by atoms with Crippen LogP contribution in [-0.4, -0.2) is 6.54 Å². The average molecular weight is 123 g/mol. The van der Waals surface area contributed by atoms with Crippen LogP contribution in [0.3, 0.4) is 0 Å². The lowest BCUT2D eigenvalue weighted by atomic mass is 10.3. The van der Waals surface area contributed by atoms with Crippen LogP contribution in [0.2, 0.25) is 0 Å². The number of unbranched alkanes of at least 4 members (excludes halogenated alkanes) is 1. The first-order valence-corrected chi connectivity index (χ1v) is 2.88. The first kappa shape index (κ1) is 7.21. The van der Waals surface area contributed by atoms with Crippen LogP contribution in [-0.2, 0) is 0 Å². The molecule has 44 valence electrons. The Morgan fingerprint density at radius 1 is 1.57 bits per heavy atom. The number of rotatable bonds is 4. The van der Waals surface area contributed by atoms with Gasteiger partial charge < -0.3 is 0 Å². The highest BCUT2D eigenvalue weighted by Gasteiger charge is 1.77. The topological polar surface area (TPSA) is 24.1 Å². The highest BCUT2D eigenvalue weighted by molar-refractivity contribution is 6.13. The molecule has 0 aliphatic carbocycles. The fraction of sp³-hybridized carbons (Fsp3) is 1.00. The molecule has 0 heterocycles. The largest absolute Gasteiger partial charge is 0.244 e. The van der Waals surface area contributed by atoms with Gasteiger partial charge in [-0.25, -0.2) is 5.43 Å². The van der Waals surface area contributed by atoms with Crippen LogP contribution in [0.5, 0.6) is 0 Å². The smallest absolute Gasteiger partial charge is 0.0112 e. The quantitative estimate of drug-likeness (QED) is 0.331. The van der Waals surface area contributed by atoms with Crippen LogP contribution in [0.25, 0.3) is 0 Å². The molecule has 0 aromatic rings. The minimum atomic E-state index is 0.944. The van der Waals surface area contributed by atoms with Crippen molar-refractivity contribution < 1.29 is 0 Å². The van der Waals surface area contributed by atoms with Gasteiger partial charge in [-0.2, -0.15) is 4.94 Å². The van der Waals surface area contributed by atoms with Gasteiger partial charge in [0.05, 0.1) is 0 Å². The van der Waals surface area contributed by atoms with Crippen molar-refractivity contribution >= 4 is 11.8 Å². The molecule has 0 amide bonds. The van der Waals surface area contributed by atoms with Gasteiger partial charge >= 0.3 is 0 Å². The lowest BCUT2D eigenvalue weighted by molar-refractivity contribution is 0.629. The summed E-state index contributed by atoms with van der Waals surface area (Å²) in [4.78, 5) is 2.32. The van der Waals surface area contributed by atoms with E-state index in [0.29, 0.717) is 0 Å². The van der Waals surface area contributed by atoms with Crippen molar-refractivity contribution in [3.63, 3.8) is 0 Å². The third kappa shape index (κ3) is 6.21. The monoisotopic (exact) mass is 122 g/mol. The third-order valence-electron chi connectivity index (χ3n) is 0.722. The minimum Gasteiger partial charge on any atom is -0.244 e. The maximum Gasteiger partial charge on any atom is 0.0112 e. The minimum absolute atomic E-state index is 0.944. The Morgan fingerprint density at radius 3 is 2.71 bits per heavy atom. The van der Waals surface area contributed by atoms with Crippen molar-refractivity contribution in [1.29, 1.82) is 0 Å². The molecule has 0 rings (SSSR count). The molecule has 0 bridgehead atoms. The maximum absolute atomic E-state index is 5.08. The molecule has 0 aromatic heterocycles. The Kier molecular flexibility index (Phi) is 6.40. The van der Waals surface area contributed by atoms with E-state index in [1.807, 2.05) is 0 Å². The molecule has 0 unspecified atom stereocenters. The maximum atomic E-state index is 5.08. The summed E-state index contributed by atoms with van der Waals surface area (Å²) in [7, 11) is 0. The molecule has 0 aliphatic rings. The zero-order chi connectivity index (χ0) is 5.54. The Hall–Kier alpha value is 0.210. The van der Waals surface area contributed by atoms with Crippen molar-refractivity contribution in [2.45, 2.75) is 19.8 Å². The molecule has 0 spiro atoms. The molecule has 0 aliphatic heterocycles. The van der Waals surface area contributed by atoms with Gasteiger partial charge in [0, 0.05) is 6.54 Å². The van der Waals surface area contributed by atoms with E-state index in [-0.39, 0.29) is 0 Å². The second-order valence-corrected chi connectivity index (χ2v) is 1.56. The fourth-order valence-corrected chi connectivity index (χ4v) is 0.407. The van der Waals surface area contributed by atoms with Crippen LogP contribution in [0.1, 0.15) is 19.8 Å². The van der Waals surface area contributed by atoms with E-state index in [2.05, 4.69) is 17.3 Å². The van der Waals surface area contributed by atoms with E-state index < -0.39 is 0 Å². The summed E-state index contributed by atoms with van der Waals surface area (Å²) in [6, 6.07) is 0. The van der Waals surface area contributed by atoms with Crippen LogP contribution >= 0.6 is 11.8 Å². The van der Waals surface area contributed by atoms with E-state index >= 15 is 0 Å². The van der Waals surface area contributed by atoms with Crippen molar-refractivity contribution in [1.82, 2.24) is 10.4 Å². The van der Waals surface area contributed by atoms with E-state index in [4.69, 9.17) is 11.8 Å². The summed E-state index contributed by atoms with van der Waals surface area (Å²) in [6.07, 6.45) is 2.37. The summed E-state index contributed by atoms with van der Waals surface area (Å²) >= 11 is 5.08. The van der Waals surface area contributed by atoms with Crippen LogP contribution in [0.4, 0.5) is 0 Å². The van der Waals surface area contributed by atoms with Crippen molar-refractivity contribution in [2.75, 3.05) is 6.54 Å². The molecule has 2 N–H and O–H groups in total. The van der Waals surface area contributed by atoms with Crippen molar-refractivity contribution in [2.24, 2.45) is 0 Å². The van der Waals surface area contributed by atoms with Crippen molar-refractivity contribution in [3.8, 4) is 0 Å². The normalized spacial score (nSPS) is 9.43. The zero-order valence-corrected chi connectivity index (χ0v) is 5.26. The Balaban J connectivity index is 2.45. The van der Waals surface area contributed by atoms with Gasteiger partial charge in [-0.15, -0.1) is 0 Å². The van der Waals surface area contributed by atoms with E-state index in [0.717, 1.165) is 6.54 Å². The van der Waals surface area contributed by atoms with Gasteiger partial charge in [0.25, 0.3) is 0 Å². The molecule has 0 aromatic carbocycles. The number of hydrazine groups is 1. The molecule has 0 saturated carbocycles. The first-order valence-electron chi connectivity index (χ1n) is 2.50. The van der Waals surface area contributed by atoms with Gasteiger partial charge in [0.2, 0.25) is 0 Å². The molecular weight excluding hydrogens is 112 g/mol. The second-order valence-electron chi connectivity index (χ2n) is 1.37. The predicted molar refractivity (Wildman–Crippen MR) is 31.9 cm³/mol. The van der Waals surface area contributed by atoms with E-state index in [1.54, 1.807) is 0 Å². The SMILES string of the molecule is CCCCNNCl. The molecule has 0 fully saturated rings. The molecule has 0 radical (unpaired) electrons. The number of nitrogens with one attached hydrogen (secondary N) is 2. The van der Waals surface area contributed by atoms with Gasteiger partial charge in [0.15, 0.2) is 0 Å². The van der Waals surface area contributed by atoms with E-state index in [1.165, 1.54) is 12.8 Å². The van der Waals surface area contributed by atoms with Crippen LogP contribution in [0, 0.1) is 0 Å². The van der Waals surface area contributed by atoms with Gasteiger partial charge in [-0.3, -0.25) is 0 Å². The van der Waals surface area contributed by atoms with Crippen LogP contribution < -0.4 is 10.4 Å². The summed E-state index contributed by atoms with van der Waals surface area (Å²) in [5.74, 6) is 0. The van der Waals surface area contributed by atoms with Gasteiger partial charge in [-0.1, -0.05) is 13.3 Å². The molecule has 2 nitrogen and oxygen atoms in total. The number of halogens is 1. The zero-order valence-electron chi connectivity index (χ0n) is 4.50. The summed E-state index contributed by atoms with van der Waals surface area (Å²) in [5.41, 5.74) is 2.76. The summed E-state index contributed by atoms with van der Waals surface area (Å²) in [5, 5.41) is 0. The Morgan fingerprint density at radius 2 is 2.29 bits per heavy atom. The third-order valence-corrected chi connectivity index (χ3v) is 0.856. The fourth-order valence-electron chi connectivity index (χ4n) is 0.312. The number of hydrogen-bond acceptors (Lipinski definition) is 2. The van der Waals surface area contributed by atoms with Gasteiger partial charge in [-0.05, 0) is 18.2 Å². The Labute approximate surface area is 49.3 Å². The lowest BCUT2D eigenvalue weighted by Crippen LogP contribution is -2.23. The standard InChI is InChI=1S/C4H11ClN2/c1-2-3-4-6-7-5/h6-7H,2-4H2,1H3. The van der Waals surface area contributed by atoms with Crippen molar-refractivity contribution in [3.05, 3.63) is 0 Å².